The van der Waals surface area contributed by atoms with E-state index in [1.165, 1.54) is 0 Å². The zero-order chi connectivity index (χ0) is 13.8. The first-order valence-electron chi connectivity index (χ1n) is 6.03. The van der Waals surface area contributed by atoms with Gasteiger partial charge >= 0.3 is 0 Å². The first-order chi connectivity index (χ1) is 9.83. The second kappa shape index (κ2) is 6.07. The number of rotatable bonds is 4. The molecule has 0 saturated heterocycles. The van der Waals surface area contributed by atoms with E-state index in [0.717, 1.165) is 22.2 Å². The highest BCUT2D eigenvalue weighted by Crippen LogP contribution is 2.26. The molecule has 0 aliphatic rings. The zero-order valence-electron chi connectivity index (χ0n) is 10.5. The number of aromatic amines is 1. The number of thioether (sulfide) groups is 1. The number of hydrogen-bond acceptors (Lipinski definition) is 4. The van der Waals surface area contributed by atoms with Gasteiger partial charge < -0.3 is 0 Å². The largest absolute Gasteiger partial charge is 0.260 e. The maximum Gasteiger partial charge on any atom is 0.184 e. The van der Waals surface area contributed by atoms with Crippen LogP contribution in [0, 0.1) is 0 Å². The number of aromatic nitrogens is 4. The van der Waals surface area contributed by atoms with Gasteiger partial charge in [-0.3, -0.25) is 10.1 Å². The number of hydrogen-bond donors (Lipinski definition) is 1. The molecule has 0 bridgehead atoms. The molecule has 2 heterocycles. The quantitative estimate of drug-likeness (QED) is 0.745. The summed E-state index contributed by atoms with van der Waals surface area (Å²) >= 11 is 7.69. The fraction of sp³-hybridized carbons (Fsp3) is 0.0714. The van der Waals surface area contributed by atoms with Crippen LogP contribution in [0.1, 0.15) is 5.69 Å². The molecule has 100 valence electrons. The molecule has 2 aromatic heterocycles. The van der Waals surface area contributed by atoms with Crippen LogP contribution < -0.4 is 0 Å². The molecule has 3 aromatic rings. The van der Waals surface area contributed by atoms with Crippen LogP contribution in [-0.2, 0) is 5.75 Å². The van der Waals surface area contributed by atoms with Gasteiger partial charge in [-0.25, -0.2) is 4.98 Å². The second-order valence-corrected chi connectivity index (χ2v) is 5.43. The predicted molar refractivity (Wildman–Crippen MR) is 80.6 cm³/mol. The van der Waals surface area contributed by atoms with Crippen LogP contribution in [0.5, 0.6) is 0 Å². The maximum atomic E-state index is 6.13. The summed E-state index contributed by atoms with van der Waals surface area (Å²) in [4.78, 5) is 8.71. The van der Waals surface area contributed by atoms with Crippen molar-refractivity contribution in [3.63, 3.8) is 0 Å². The molecular weight excluding hydrogens is 292 g/mol. The van der Waals surface area contributed by atoms with Crippen molar-refractivity contribution in [1.29, 1.82) is 0 Å². The van der Waals surface area contributed by atoms with Gasteiger partial charge in [-0.05, 0) is 24.3 Å². The third-order valence-corrected chi connectivity index (χ3v) is 3.89. The van der Waals surface area contributed by atoms with Crippen LogP contribution in [0.25, 0.3) is 11.4 Å². The highest BCUT2D eigenvalue weighted by atomic mass is 35.5. The van der Waals surface area contributed by atoms with Gasteiger partial charge in [0, 0.05) is 17.5 Å². The number of nitrogens with one attached hydrogen (secondary N) is 1. The molecule has 0 unspecified atom stereocenters. The summed E-state index contributed by atoms with van der Waals surface area (Å²) in [6.45, 7) is 0. The number of benzene rings is 1. The van der Waals surface area contributed by atoms with E-state index in [1.807, 2.05) is 42.5 Å². The molecule has 0 aliphatic carbocycles. The van der Waals surface area contributed by atoms with Gasteiger partial charge in [0.05, 0.1) is 10.7 Å². The number of H-pyrrole nitrogens is 1. The van der Waals surface area contributed by atoms with E-state index < -0.39 is 0 Å². The summed E-state index contributed by atoms with van der Waals surface area (Å²) in [5.74, 6) is 1.36. The lowest BCUT2D eigenvalue weighted by atomic mass is 10.2. The Labute approximate surface area is 125 Å². The highest BCUT2D eigenvalue weighted by Gasteiger charge is 2.09. The van der Waals surface area contributed by atoms with Crippen molar-refractivity contribution in [3.05, 3.63) is 59.4 Å². The topological polar surface area (TPSA) is 54.5 Å². The average molecular weight is 303 g/mol. The van der Waals surface area contributed by atoms with E-state index in [4.69, 9.17) is 11.6 Å². The molecule has 0 amide bonds. The lowest BCUT2D eigenvalue weighted by Crippen LogP contribution is -1.85. The molecule has 1 N–H and O–H groups in total. The van der Waals surface area contributed by atoms with E-state index in [1.54, 1.807) is 18.0 Å². The van der Waals surface area contributed by atoms with E-state index in [2.05, 4.69) is 20.2 Å². The van der Waals surface area contributed by atoms with Crippen LogP contribution in [0.15, 0.2) is 53.8 Å². The monoisotopic (exact) mass is 302 g/mol. The minimum Gasteiger partial charge on any atom is -0.260 e. The zero-order valence-corrected chi connectivity index (χ0v) is 12.0. The molecule has 0 fully saturated rings. The van der Waals surface area contributed by atoms with Crippen molar-refractivity contribution in [2.24, 2.45) is 0 Å². The molecular formula is C14H11ClN4S. The van der Waals surface area contributed by atoms with Crippen LogP contribution in [-0.4, -0.2) is 20.2 Å². The Bertz CT molecular complexity index is 699. The summed E-state index contributed by atoms with van der Waals surface area (Å²) in [6, 6.07) is 13.4. The number of nitrogens with zero attached hydrogens (tertiary/aromatic N) is 3. The Hall–Kier alpha value is -1.85. The van der Waals surface area contributed by atoms with Crippen LogP contribution in [0.3, 0.4) is 0 Å². The third-order valence-electron chi connectivity index (χ3n) is 2.66. The molecule has 6 heteroatoms. The Balaban J connectivity index is 1.73. The smallest absolute Gasteiger partial charge is 0.184 e. The van der Waals surface area contributed by atoms with Gasteiger partial charge in [-0.1, -0.05) is 41.6 Å². The van der Waals surface area contributed by atoms with Crippen LogP contribution in [0.4, 0.5) is 0 Å². The molecule has 4 nitrogen and oxygen atoms in total. The highest BCUT2D eigenvalue weighted by molar-refractivity contribution is 7.98. The van der Waals surface area contributed by atoms with Crippen LogP contribution >= 0.6 is 23.4 Å². The summed E-state index contributed by atoms with van der Waals surface area (Å²) in [5.41, 5.74) is 1.84. The minimum absolute atomic E-state index is 0.610. The molecule has 0 spiro atoms. The first kappa shape index (κ1) is 13.1. The molecule has 0 radical (unpaired) electrons. The van der Waals surface area contributed by atoms with Crippen LogP contribution in [0.2, 0.25) is 5.02 Å². The van der Waals surface area contributed by atoms with E-state index in [0.29, 0.717) is 10.8 Å². The van der Waals surface area contributed by atoms with E-state index >= 15 is 0 Å². The van der Waals surface area contributed by atoms with Gasteiger partial charge in [0.25, 0.3) is 0 Å². The summed E-state index contributed by atoms with van der Waals surface area (Å²) in [5, 5.41) is 8.52. The van der Waals surface area contributed by atoms with Crippen molar-refractivity contribution in [3.8, 4) is 11.4 Å². The van der Waals surface area contributed by atoms with Crippen molar-refractivity contribution in [2.75, 3.05) is 0 Å². The Morgan fingerprint density at radius 3 is 2.75 bits per heavy atom. The molecule has 0 atom stereocenters. The minimum atomic E-state index is 0.610. The second-order valence-electron chi connectivity index (χ2n) is 4.05. The summed E-state index contributed by atoms with van der Waals surface area (Å²) < 4.78 is 0. The molecule has 1 aromatic carbocycles. The fourth-order valence-electron chi connectivity index (χ4n) is 1.70. The first-order valence-corrected chi connectivity index (χ1v) is 7.39. The normalized spacial score (nSPS) is 10.7. The van der Waals surface area contributed by atoms with Crippen molar-refractivity contribution in [1.82, 2.24) is 20.2 Å². The Kier molecular flexibility index (Phi) is 3.99. The van der Waals surface area contributed by atoms with Crippen molar-refractivity contribution in [2.45, 2.75) is 10.9 Å². The molecule has 20 heavy (non-hydrogen) atoms. The fourth-order valence-corrected chi connectivity index (χ4v) is 2.64. The number of pyridine rings is 1. The predicted octanol–water partition coefficient (Wildman–Crippen LogP) is 3.81. The maximum absolute atomic E-state index is 6.13. The standard InChI is InChI=1S/C14H11ClN4S/c15-12-7-2-1-6-11(12)13-17-14(19-18-13)20-9-10-5-3-4-8-16-10/h1-8H,9H2,(H,17,18,19). The lowest BCUT2D eigenvalue weighted by molar-refractivity contribution is 0.971. The van der Waals surface area contributed by atoms with Gasteiger partial charge in [-0.15, -0.1) is 0 Å². The Morgan fingerprint density at radius 2 is 1.95 bits per heavy atom. The number of halogens is 1. The van der Waals surface area contributed by atoms with Crippen molar-refractivity contribution >= 4 is 23.4 Å². The SMILES string of the molecule is Clc1ccccc1-c1n[nH]c(SCc2ccccn2)n1. The Morgan fingerprint density at radius 1 is 1.10 bits per heavy atom. The molecule has 0 saturated carbocycles. The average Bonchev–Trinajstić information content (AvgIpc) is 2.95. The van der Waals surface area contributed by atoms with E-state index in [9.17, 15) is 0 Å². The summed E-state index contributed by atoms with van der Waals surface area (Å²) in [7, 11) is 0. The van der Waals surface area contributed by atoms with Gasteiger partial charge in [0.1, 0.15) is 0 Å². The third kappa shape index (κ3) is 3.00. The van der Waals surface area contributed by atoms with E-state index in [-0.39, 0.29) is 0 Å². The summed E-state index contributed by atoms with van der Waals surface area (Å²) in [6.07, 6.45) is 1.78. The van der Waals surface area contributed by atoms with Gasteiger partial charge in [-0.2, -0.15) is 5.10 Å². The van der Waals surface area contributed by atoms with Gasteiger partial charge in [0.2, 0.25) is 0 Å². The van der Waals surface area contributed by atoms with Crippen molar-refractivity contribution < 1.29 is 0 Å². The molecule has 0 aliphatic heterocycles. The molecule has 3 rings (SSSR count). The lowest BCUT2D eigenvalue weighted by Gasteiger charge is -1.97. The van der Waals surface area contributed by atoms with Gasteiger partial charge in [0.15, 0.2) is 11.0 Å².